The summed E-state index contributed by atoms with van der Waals surface area (Å²) in [5.74, 6) is 0.563. The van der Waals surface area contributed by atoms with E-state index in [0.29, 0.717) is 44.1 Å². The number of aliphatic carboxylic acids is 1. The van der Waals surface area contributed by atoms with Crippen molar-refractivity contribution in [1.29, 1.82) is 0 Å². The van der Waals surface area contributed by atoms with E-state index >= 15 is 0 Å². The molecule has 0 aliphatic rings. The minimum atomic E-state index is -0.872. The van der Waals surface area contributed by atoms with Crippen molar-refractivity contribution in [3.8, 4) is 11.5 Å². The maximum absolute atomic E-state index is 11.4. The van der Waals surface area contributed by atoms with E-state index in [0.717, 1.165) is 0 Å². The molecular weight excluding hydrogens is 270 g/mol. The average Bonchev–Trinajstić information content (AvgIpc) is 2.49. The van der Waals surface area contributed by atoms with Crippen LogP contribution in [0.25, 0.3) is 0 Å². The van der Waals surface area contributed by atoms with Gasteiger partial charge in [-0.05, 0) is 31.9 Å². The van der Waals surface area contributed by atoms with E-state index in [1.54, 1.807) is 0 Å². The van der Waals surface area contributed by atoms with Gasteiger partial charge in [0.1, 0.15) is 12.1 Å². The molecule has 0 aromatic heterocycles. The number of carboxylic acids is 1. The van der Waals surface area contributed by atoms with Crippen molar-refractivity contribution in [3.05, 3.63) is 24.3 Å². The Morgan fingerprint density at radius 2 is 1.71 bits per heavy atom. The Morgan fingerprint density at radius 3 is 2.19 bits per heavy atom. The summed E-state index contributed by atoms with van der Waals surface area (Å²) in [7, 11) is 0. The number of carbonyl (C=O) groups is 1. The van der Waals surface area contributed by atoms with Crippen LogP contribution in [-0.2, 0) is 4.79 Å². The van der Waals surface area contributed by atoms with Gasteiger partial charge < -0.3 is 14.6 Å². The van der Waals surface area contributed by atoms with Gasteiger partial charge in [0.15, 0.2) is 11.5 Å². The van der Waals surface area contributed by atoms with E-state index in [4.69, 9.17) is 9.47 Å². The van der Waals surface area contributed by atoms with Crippen molar-refractivity contribution in [2.45, 2.75) is 39.2 Å². The van der Waals surface area contributed by atoms with E-state index in [1.165, 1.54) is 0 Å². The predicted molar refractivity (Wildman–Crippen MR) is 82.1 cm³/mol. The van der Waals surface area contributed by atoms with Crippen LogP contribution in [0.5, 0.6) is 11.5 Å². The highest BCUT2D eigenvalue weighted by molar-refractivity contribution is 5.78. The lowest BCUT2D eigenvalue weighted by molar-refractivity contribution is -0.145. The van der Waals surface area contributed by atoms with Gasteiger partial charge >= 0.3 is 5.97 Å². The molecule has 0 fully saturated rings. The first kappa shape index (κ1) is 17.3. The van der Waals surface area contributed by atoms with E-state index < -0.39 is 11.5 Å². The van der Waals surface area contributed by atoms with Gasteiger partial charge in [-0.1, -0.05) is 26.0 Å². The SMILES string of the molecule is CCOc1ccccc1OCCNC(CC)(CC)C(=O)O. The Balaban J connectivity index is 2.52. The van der Waals surface area contributed by atoms with E-state index in [-0.39, 0.29) is 0 Å². The monoisotopic (exact) mass is 295 g/mol. The lowest BCUT2D eigenvalue weighted by atomic mass is 9.93. The summed E-state index contributed by atoms with van der Waals surface area (Å²) in [4.78, 5) is 11.4. The van der Waals surface area contributed by atoms with E-state index in [1.807, 2.05) is 45.0 Å². The molecule has 0 amide bonds. The van der Waals surface area contributed by atoms with Crippen molar-refractivity contribution in [1.82, 2.24) is 5.32 Å². The van der Waals surface area contributed by atoms with E-state index in [2.05, 4.69) is 5.32 Å². The smallest absolute Gasteiger partial charge is 0.323 e. The summed E-state index contributed by atoms with van der Waals surface area (Å²) in [6.07, 6.45) is 1.07. The Hall–Kier alpha value is -1.75. The molecular formula is C16H25NO4. The van der Waals surface area contributed by atoms with Crippen LogP contribution in [0, 0.1) is 0 Å². The van der Waals surface area contributed by atoms with Crippen molar-refractivity contribution >= 4 is 5.97 Å². The highest BCUT2D eigenvalue weighted by atomic mass is 16.5. The van der Waals surface area contributed by atoms with Crippen LogP contribution < -0.4 is 14.8 Å². The molecule has 0 bridgehead atoms. The summed E-state index contributed by atoms with van der Waals surface area (Å²) in [6.45, 7) is 7.09. The van der Waals surface area contributed by atoms with Gasteiger partial charge in [0, 0.05) is 6.54 Å². The number of hydrogen-bond acceptors (Lipinski definition) is 4. The largest absolute Gasteiger partial charge is 0.490 e. The molecule has 5 heteroatoms. The van der Waals surface area contributed by atoms with Crippen molar-refractivity contribution in [2.75, 3.05) is 19.8 Å². The summed E-state index contributed by atoms with van der Waals surface area (Å²) < 4.78 is 11.1. The van der Waals surface area contributed by atoms with Gasteiger partial charge in [0.05, 0.1) is 6.61 Å². The molecule has 0 aliphatic carbocycles. The third kappa shape index (κ3) is 4.63. The summed E-state index contributed by atoms with van der Waals surface area (Å²) >= 11 is 0. The molecule has 118 valence electrons. The van der Waals surface area contributed by atoms with Crippen LogP contribution in [0.4, 0.5) is 0 Å². The summed E-state index contributed by atoms with van der Waals surface area (Å²) in [6, 6.07) is 7.46. The maximum Gasteiger partial charge on any atom is 0.323 e. The number of ether oxygens (including phenoxy) is 2. The molecule has 0 saturated heterocycles. The molecule has 0 atom stereocenters. The molecule has 0 saturated carbocycles. The number of rotatable bonds is 10. The molecule has 0 unspecified atom stereocenters. The lowest BCUT2D eigenvalue weighted by Gasteiger charge is -2.28. The predicted octanol–water partition coefficient (Wildman–Crippen LogP) is 2.70. The Bertz CT molecular complexity index is 444. The zero-order valence-electron chi connectivity index (χ0n) is 13.0. The molecule has 0 radical (unpaired) electrons. The summed E-state index contributed by atoms with van der Waals surface area (Å²) in [5, 5.41) is 12.4. The van der Waals surface area contributed by atoms with Crippen molar-refractivity contribution < 1.29 is 19.4 Å². The fourth-order valence-electron chi connectivity index (χ4n) is 2.17. The topological polar surface area (TPSA) is 67.8 Å². The molecule has 0 heterocycles. The van der Waals surface area contributed by atoms with Crippen LogP contribution in [0.2, 0.25) is 0 Å². The zero-order valence-corrected chi connectivity index (χ0v) is 13.0. The highest BCUT2D eigenvalue weighted by Crippen LogP contribution is 2.26. The van der Waals surface area contributed by atoms with Crippen LogP contribution in [0.3, 0.4) is 0 Å². The minimum absolute atomic E-state index is 0.388. The molecule has 2 N–H and O–H groups in total. The van der Waals surface area contributed by atoms with Gasteiger partial charge in [-0.25, -0.2) is 0 Å². The second-order valence-electron chi connectivity index (χ2n) is 4.75. The van der Waals surface area contributed by atoms with Crippen LogP contribution in [-0.4, -0.2) is 36.4 Å². The summed E-state index contributed by atoms with van der Waals surface area (Å²) in [5.41, 5.74) is -0.872. The first-order valence-corrected chi connectivity index (χ1v) is 7.42. The Labute approximate surface area is 126 Å². The number of hydrogen-bond donors (Lipinski definition) is 2. The standard InChI is InChI=1S/C16H25NO4/c1-4-16(5-2,15(18)19)17-11-12-21-14-10-8-7-9-13(14)20-6-3/h7-10,17H,4-6,11-12H2,1-3H3,(H,18,19). The van der Waals surface area contributed by atoms with Gasteiger partial charge in [-0.3, -0.25) is 10.1 Å². The van der Waals surface area contributed by atoms with Crippen LogP contribution in [0.15, 0.2) is 24.3 Å². The molecule has 1 rings (SSSR count). The quantitative estimate of drug-likeness (QED) is 0.650. The molecule has 21 heavy (non-hydrogen) atoms. The number of carboxylic acid groups (broad SMARTS) is 1. The molecule has 0 spiro atoms. The van der Waals surface area contributed by atoms with Crippen LogP contribution in [0.1, 0.15) is 33.6 Å². The fraction of sp³-hybridized carbons (Fsp3) is 0.562. The Morgan fingerprint density at radius 1 is 1.14 bits per heavy atom. The second-order valence-corrected chi connectivity index (χ2v) is 4.75. The molecule has 1 aromatic carbocycles. The average molecular weight is 295 g/mol. The molecule has 5 nitrogen and oxygen atoms in total. The van der Waals surface area contributed by atoms with Crippen molar-refractivity contribution in [3.63, 3.8) is 0 Å². The van der Waals surface area contributed by atoms with Crippen LogP contribution >= 0.6 is 0 Å². The zero-order chi connectivity index (χ0) is 15.7. The van der Waals surface area contributed by atoms with Gasteiger partial charge in [0.25, 0.3) is 0 Å². The molecule has 0 aliphatic heterocycles. The first-order chi connectivity index (χ1) is 10.1. The number of para-hydroxylation sites is 2. The van der Waals surface area contributed by atoms with Gasteiger partial charge in [-0.15, -0.1) is 0 Å². The lowest BCUT2D eigenvalue weighted by Crippen LogP contribution is -2.52. The third-order valence-electron chi connectivity index (χ3n) is 3.59. The van der Waals surface area contributed by atoms with E-state index in [9.17, 15) is 9.90 Å². The first-order valence-electron chi connectivity index (χ1n) is 7.42. The maximum atomic E-state index is 11.4. The number of benzene rings is 1. The highest BCUT2D eigenvalue weighted by Gasteiger charge is 2.33. The second kappa shape index (κ2) is 8.52. The van der Waals surface area contributed by atoms with Gasteiger partial charge in [-0.2, -0.15) is 0 Å². The Kier molecular flexibility index (Phi) is 7.02. The number of nitrogens with one attached hydrogen (secondary N) is 1. The fourth-order valence-corrected chi connectivity index (χ4v) is 2.17. The normalized spacial score (nSPS) is 11.2. The third-order valence-corrected chi connectivity index (χ3v) is 3.59. The van der Waals surface area contributed by atoms with Crippen molar-refractivity contribution in [2.24, 2.45) is 0 Å². The van der Waals surface area contributed by atoms with Gasteiger partial charge in [0.2, 0.25) is 0 Å². The molecule has 1 aromatic rings. The minimum Gasteiger partial charge on any atom is -0.490 e.